The molecule has 0 spiro atoms. The van der Waals surface area contributed by atoms with Gasteiger partial charge >= 0.3 is 25.2 Å². The molecule has 3 N–H and O–H groups in total. The zero-order valence-corrected chi connectivity index (χ0v) is 20.2. The Labute approximate surface area is 174 Å². The van der Waals surface area contributed by atoms with Crippen LogP contribution in [-0.2, 0) is 18.6 Å². The van der Waals surface area contributed by atoms with E-state index in [1.165, 1.54) is 57.8 Å². The van der Waals surface area contributed by atoms with Crippen molar-refractivity contribution >= 4 is 6.65 Å². The minimum atomic E-state index is -0.321. The van der Waals surface area contributed by atoms with Crippen LogP contribution in [-0.4, -0.2) is 32.1 Å². The molecule has 5 heteroatoms. The van der Waals surface area contributed by atoms with Gasteiger partial charge in [-0.05, 0) is 59.3 Å². The molecule has 3 aliphatic rings. The molecule has 0 aromatic heterocycles. The number of rotatable bonds is 0. The molecule has 3 saturated carbocycles. The van der Waals surface area contributed by atoms with E-state index in [-0.39, 0.29) is 16.8 Å². The van der Waals surface area contributed by atoms with Gasteiger partial charge in [-0.2, -0.15) is 0 Å². The summed E-state index contributed by atoms with van der Waals surface area (Å²) in [5.74, 6) is 0. The second kappa shape index (κ2) is 14.1. The van der Waals surface area contributed by atoms with Gasteiger partial charge in [-0.25, -0.2) is 0 Å². The van der Waals surface area contributed by atoms with Crippen molar-refractivity contribution in [2.45, 2.75) is 134 Å². The van der Waals surface area contributed by atoms with Gasteiger partial charge in [-0.1, -0.05) is 57.8 Å². The van der Waals surface area contributed by atoms with E-state index in [9.17, 15) is 15.3 Å². The first-order chi connectivity index (χ1) is 12.1. The molecule has 0 heterocycles. The van der Waals surface area contributed by atoms with Crippen LogP contribution in [0.1, 0.15) is 117 Å². The van der Waals surface area contributed by atoms with Gasteiger partial charge in [0.15, 0.2) is 0 Å². The van der Waals surface area contributed by atoms with Crippen LogP contribution in [0.2, 0.25) is 0 Å². The topological polar surface area (TPSA) is 60.7 Å². The number of hydrogen-bond donors (Lipinski definition) is 3. The van der Waals surface area contributed by atoms with Crippen LogP contribution in [0.25, 0.3) is 0 Å². The van der Waals surface area contributed by atoms with E-state index in [1.54, 1.807) is 18.6 Å². The van der Waals surface area contributed by atoms with Crippen LogP contribution < -0.4 is 0 Å². The Morgan fingerprint density at radius 1 is 0.462 bits per heavy atom. The van der Waals surface area contributed by atoms with Gasteiger partial charge in [-0.3, -0.25) is 0 Å². The minimum absolute atomic E-state index is 0.321. The Hall–Kier alpha value is 0.998. The van der Waals surface area contributed by atoms with Gasteiger partial charge < -0.3 is 15.3 Å². The van der Waals surface area contributed by atoms with E-state index in [2.05, 4.69) is 6.65 Å². The fraction of sp³-hybridized carbons (Fsp3) is 1.00. The van der Waals surface area contributed by atoms with Crippen LogP contribution in [0, 0.1) is 0 Å². The number of hydrogen-bond acceptors (Lipinski definition) is 3. The molecule has 0 aliphatic heterocycles. The maximum absolute atomic E-state index is 9.37. The standard InChI is InChI=1S/3C7H14O.Mo.P/c3*1-7(8)5-3-2-4-6-7;;/h3*8H,2-6H2,1H3;;. The fourth-order valence-electron chi connectivity index (χ4n) is 3.94. The zero-order chi connectivity index (χ0) is 20.1. The summed E-state index contributed by atoms with van der Waals surface area (Å²) in [6.45, 7) is 9.35. The van der Waals surface area contributed by atoms with Crippen molar-refractivity contribution in [1.82, 2.24) is 0 Å². The van der Waals surface area contributed by atoms with Gasteiger partial charge in [-0.15, -0.1) is 0 Å². The Kier molecular flexibility index (Phi) is 14.6. The van der Waals surface area contributed by atoms with Gasteiger partial charge in [0, 0.05) is 0 Å². The van der Waals surface area contributed by atoms with Crippen molar-refractivity contribution in [1.29, 1.82) is 0 Å². The van der Waals surface area contributed by atoms with E-state index >= 15 is 0 Å². The quantitative estimate of drug-likeness (QED) is 0.303. The van der Waals surface area contributed by atoms with E-state index in [0.717, 1.165) is 38.5 Å². The molecule has 3 aliphatic carbocycles. The fourth-order valence-corrected chi connectivity index (χ4v) is 3.94. The van der Waals surface area contributed by atoms with Crippen molar-refractivity contribution < 1.29 is 33.9 Å². The van der Waals surface area contributed by atoms with E-state index in [4.69, 9.17) is 0 Å². The normalized spacial score (nSPS) is 25.7. The molecule has 0 saturated heterocycles. The molecule has 155 valence electrons. The van der Waals surface area contributed by atoms with Crippen LogP contribution in [0.3, 0.4) is 0 Å². The van der Waals surface area contributed by atoms with Crippen LogP contribution in [0.4, 0.5) is 0 Å². The second-order valence-electron chi connectivity index (χ2n) is 9.17. The average Bonchev–Trinajstić information content (AvgIpc) is 2.57. The van der Waals surface area contributed by atoms with Crippen molar-refractivity contribution in [2.24, 2.45) is 0 Å². The van der Waals surface area contributed by atoms with Crippen molar-refractivity contribution in [2.75, 3.05) is 0 Å². The molecule has 0 amide bonds. The van der Waals surface area contributed by atoms with E-state index < -0.39 is 0 Å². The first kappa shape index (κ1) is 27.0. The van der Waals surface area contributed by atoms with E-state index in [0.29, 0.717) is 0 Å². The maximum atomic E-state index is 9.37. The molecular weight excluding hydrogens is 427 g/mol. The summed E-state index contributed by atoms with van der Waals surface area (Å²) in [6, 6.07) is 0. The van der Waals surface area contributed by atoms with Gasteiger partial charge in [0.05, 0.1) is 16.8 Å². The van der Waals surface area contributed by atoms with Crippen LogP contribution >= 0.6 is 6.65 Å². The molecule has 3 rings (SSSR count). The summed E-state index contributed by atoms with van der Waals surface area (Å²) >= 11 is 1.64. The first-order valence-corrected chi connectivity index (χ1v) is 13.5. The summed E-state index contributed by atoms with van der Waals surface area (Å²) in [4.78, 5) is 0. The van der Waals surface area contributed by atoms with Gasteiger partial charge in [0.2, 0.25) is 0 Å². The summed E-state index contributed by atoms with van der Waals surface area (Å²) < 4.78 is 0. The Balaban J connectivity index is 0.000000344. The third-order valence-electron chi connectivity index (χ3n) is 5.79. The Morgan fingerprint density at radius 2 is 0.615 bits per heavy atom. The average molecular weight is 469 g/mol. The van der Waals surface area contributed by atoms with E-state index in [1.807, 2.05) is 20.8 Å². The molecular formula is C21H42MoO3P. The molecule has 0 atom stereocenters. The SMILES string of the molecule is CC1(O)CCCCC1.CC1(O)CCCCC1.CC1(O)CCCCC1.[P]#[Mo]. The second-order valence-corrected chi connectivity index (χ2v) is 9.17. The van der Waals surface area contributed by atoms with Gasteiger partial charge in [0.25, 0.3) is 0 Å². The first-order valence-electron chi connectivity index (χ1n) is 10.5. The van der Waals surface area contributed by atoms with Crippen molar-refractivity contribution in [3.63, 3.8) is 0 Å². The summed E-state index contributed by atoms with van der Waals surface area (Å²) in [6.07, 6.45) is 17.3. The Bertz CT molecular complexity index is 304. The monoisotopic (exact) mass is 471 g/mol. The van der Waals surface area contributed by atoms with Gasteiger partial charge in [0.1, 0.15) is 0 Å². The zero-order valence-electron chi connectivity index (χ0n) is 17.3. The van der Waals surface area contributed by atoms with Crippen molar-refractivity contribution in [3.8, 4) is 0 Å². The predicted molar refractivity (Wildman–Crippen MR) is 108 cm³/mol. The molecule has 0 aromatic rings. The molecule has 3 nitrogen and oxygen atoms in total. The number of aliphatic hydroxyl groups is 3. The third kappa shape index (κ3) is 15.0. The molecule has 0 radical (unpaired) electrons. The molecule has 0 unspecified atom stereocenters. The molecule has 0 bridgehead atoms. The van der Waals surface area contributed by atoms with Crippen LogP contribution in [0.15, 0.2) is 0 Å². The van der Waals surface area contributed by atoms with Crippen molar-refractivity contribution in [3.05, 3.63) is 0 Å². The third-order valence-corrected chi connectivity index (χ3v) is 5.79. The summed E-state index contributed by atoms with van der Waals surface area (Å²) in [7, 11) is 0. The molecule has 3 fully saturated rings. The summed E-state index contributed by atoms with van der Waals surface area (Å²) in [5, 5.41) is 28.1. The summed E-state index contributed by atoms with van der Waals surface area (Å²) in [5.41, 5.74) is -0.964. The molecule has 26 heavy (non-hydrogen) atoms. The predicted octanol–water partition coefficient (Wildman–Crippen LogP) is 5.96. The molecule has 0 aromatic carbocycles. The van der Waals surface area contributed by atoms with Crippen LogP contribution in [0.5, 0.6) is 0 Å². The Morgan fingerprint density at radius 3 is 0.692 bits per heavy atom.